The van der Waals surface area contributed by atoms with Gasteiger partial charge in [-0.25, -0.2) is 4.79 Å². The second-order valence-corrected chi connectivity index (χ2v) is 19.4. The van der Waals surface area contributed by atoms with Crippen molar-refractivity contribution in [3.63, 3.8) is 0 Å². The van der Waals surface area contributed by atoms with Gasteiger partial charge >= 0.3 is 18.0 Å². The van der Waals surface area contributed by atoms with Crippen molar-refractivity contribution in [2.45, 2.75) is 156 Å². The van der Waals surface area contributed by atoms with Crippen LogP contribution in [0.1, 0.15) is 125 Å². The maximum Gasteiger partial charge on any atom is 0.407 e. The summed E-state index contributed by atoms with van der Waals surface area (Å²) in [4.78, 5) is 38.6. The molecule has 12 heteroatoms. The number of aliphatic hydroxyl groups is 3. The van der Waals surface area contributed by atoms with Crippen molar-refractivity contribution < 1.29 is 53.4 Å². The molecule has 1 amide bonds. The minimum absolute atomic E-state index is 0.0342. The molecule has 4 N–H and O–H groups in total. The molecule has 0 aromatic carbocycles. The molecule has 15 atom stereocenters. The van der Waals surface area contributed by atoms with Crippen molar-refractivity contribution in [2.75, 3.05) is 34.0 Å². The summed E-state index contributed by atoms with van der Waals surface area (Å²) in [5, 5.41) is 33.8. The Kier molecular flexibility index (Phi) is 16.0. The molecule has 3 saturated carbocycles. The lowest BCUT2D eigenvalue weighted by Gasteiger charge is -2.58. The highest BCUT2D eigenvalue weighted by Crippen LogP contribution is 2.67. The van der Waals surface area contributed by atoms with E-state index in [4.69, 9.17) is 23.7 Å². The SMILES string of the molecule is COC(=O)C(CCC(CO[C@H]1OCC(C)[C@H](O)C(O)C1O)C(=O)OC)CNC(=O)OC1CC[C@@]2(C)C(=CCC3C4CCC(C(C)CCCC(C)C)[C@@]4(C)CCC32)C1. The average molecular weight is 806 g/mol. The molecule has 12 nitrogen and oxygen atoms in total. The average Bonchev–Trinajstić information content (AvgIpc) is 3.51. The number of rotatable bonds is 16. The van der Waals surface area contributed by atoms with Crippen LogP contribution in [-0.2, 0) is 33.3 Å². The number of esters is 2. The predicted molar refractivity (Wildman–Crippen MR) is 214 cm³/mol. The van der Waals surface area contributed by atoms with Crippen molar-refractivity contribution in [1.82, 2.24) is 5.32 Å². The van der Waals surface area contributed by atoms with Crippen LogP contribution in [0.5, 0.6) is 0 Å². The predicted octanol–water partition coefficient (Wildman–Crippen LogP) is 6.57. The maximum atomic E-state index is 13.2. The highest BCUT2D eigenvalue weighted by atomic mass is 16.7. The van der Waals surface area contributed by atoms with Gasteiger partial charge in [0.1, 0.15) is 18.3 Å². The fraction of sp³-hybridized carbons (Fsp3) is 0.889. The number of allylic oxidation sites excluding steroid dienone is 1. The Morgan fingerprint density at radius 1 is 0.877 bits per heavy atom. The number of fused-ring (bicyclic) bond motifs is 5. The molecule has 4 aliphatic carbocycles. The van der Waals surface area contributed by atoms with Gasteiger partial charge in [-0.2, -0.15) is 0 Å². The number of carbonyl (C=O) groups excluding carboxylic acids is 3. The Morgan fingerprint density at radius 2 is 1.58 bits per heavy atom. The van der Waals surface area contributed by atoms with Crippen LogP contribution in [0.2, 0.25) is 0 Å². The van der Waals surface area contributed by atoms with Crippen LogP contribution in [0.4, 0.5) is 4.79 Å². The first-order chi connectivity index (χ1) is 27.0. The first-order valence-corrected chi connectivity index (χ1v) is 22.1. The zero-order valence-electron chi connectivity index (χ0n) is 36.1. The number of carbonyl (C=O) groups is 3. The standard InChI is InChI=1S/C45H75NO11/c1-26(2)10-9-11-27(3)34-16-17-35-33-15-14-31-22-32(18-20-44(31,5)36(33)19-21-45(34,35)6)57-43(52)46-23-29(40(50)53-7)12-13-30(41(51)54-8)25-56-42-39(49)38(48)37(47)28(4)24-55-42/h14,26-30,32-39,42,47-49H,9-13,15-25H2,1-8H3,(H,46,52)/t27?,28?,29?,30?,32?,33?,34?,35?,36?,37-,38?,39?,42+,44-,45+/m0/s1. The van der Waals surface area contributed by atoms with Gasteiger partial charge in [0.25, 0.3) is 0 Å². The quantitative estimate of drug-likeness (QED) is 0.0756. The minimum atomic E-state index is -1.54. The molecule has 0 aromatic heterocycles. The fourth-order valence-corrected chi connectivity index (χ4v) is 12.0. The van der Waals surface area contributed by atoms with Crippen molar-refractivity contribution in [1.29, 1.82) is 0 Å². The first kappa shape index (κ1) is 45.8. The zero-order valence-corrected chi connectivity index (χ0v) is 36.1. The van der Waals surface area contributed by atoms with Crippen LogP contribution in [0.15, 0.2) is 11.6 Å². The van der Waals surface area contributed by atoms with E-state index < -0.39 is 60.4 Å². The van der Waals surface area contributed by atoms with Gasteiger partial charge < -0.3 is 44.3 Å². The number of aliphatic hydroxyl groups excluding tert-OH is 3. The van der Waals surface area contributed by atoms with Crippen LogP contribution < -0.4 is 5.32 Å². The molecule has 0 radical (unpaired) electrons. The Labute approximate surface area is 341 Å². The second-order valence-electron chi connectivity index (χ2n) is 19.4. The summed E-state index contributed by atoms with van der Waals surface area (Å²) in [6.45, 7) is 13.7. The molecule has 326 valence electrons. The highest BCUT2D eigenvalue weighted by Gasteiger charge is 2.59. The van der Waals surface area contributed by atoms with Gasteiger partial charge in [-0.05, 0) is 104 Å². The zero-order chi connectivity index (χ0) is 41.7. The van der Waals surface area contributed by atoms with Gasteiger partial charge in [0.15, 0.2) is 6.29 Å². The van der Waals surface area contributed by atoms with E-state index >= 15 is 0 Å². The van der Waals surface area contributed by atoms with E-state index in [1.165, 1.54) is 64.7 Å². The van der Waals surface area contributed by atoms with Crippen LogP contribution in [-0.4, -0.2) is 98.0 Å². The molecule has 1 saturated heterocycles. The lowest BCUT2D eigenvalue weighted by Crippen LogP contribution is -2.51. The number of ether oxygens (including phenoxy) is 5. The van der Waals surface area contributed by atoms with Crippen molar-refractivity contribution in [3.05, 3.63) is 11.6 Å². The molecule has 4 fully saturated rings. The normalized spacial score (nSPS) is 38.0. The number of amides is 1. The summed E-state index contributed by atoms with van der Waals surface area (Å²) in [5.74, 6) is 1.41. The van der Waals surface area contributed by atoms with Gasteiger partial charge in [0.2, 0.25) is 0 Å². The van der Waals surface area contributed by atoms with E-state index in [-0.39, 0.29) is 44.1 Å². The third kappa shape index (κ3) is 10.4. The molecule has 11 unspecified atom stereocenters. The fourth-order valence-electron chi connectivity index (χ4n) is 12.0. The summed E-state index contributed by atoms with van der Waals surface area (Å²) in [6, 6.07) is 0. The minimum Gasteiger partial charge on any atom is -0.469 e. The molecule has 0 spiro atoms. The van der Waals surface area contributed by atoms with Gasteiger partial charge in [0, 0.05) is 18.9 Å². The van der Waals surface area contributed by atoms with Gasteiger partial charge in [-0.3, -0.25) is 9.59 Å². The molecular weight excluding hydrogens is 730 g/mol. The first-order valence-electron chi connectivity index (χ1n) is 22.1. The van der Waals surface area contributed by atoms with Crippen LogP contribution in [0, 0.1) is 64.1 Å². The Hall–Kier alpha value is -2.25. The summed E-state index contributed by atoms with van der Waals surface area (Å²) in [6.07, 6.45) is 9.53. The second kappa shape index (κ2) is 19.9. The molecular formula is C45H75NO11. The van der Waals surface area contributed by atoms with E-state index in [9.17, 15) is 29.7 Å². The molecule has 5 aliphatic rings. The molecule has 57 heavy (non-hydrogen) atoms. The largest absolute Gasteiger partial charge is 0.469 e. The van der Waals surface area contributed by atoms with E-state index in [1.54, 1.807) is 6.92 Å². The third-order valence-corrected chi connectivity index (χ3v) is 15.5. The number of hydrogen-bond donors (Lipinski definition) is 4. The van der Waals surface area contributed by atoms with E-state index in [0.29, 0.717) is 11.3 Å². The highest BCUT2D eigenvalue weighted by molar-refractivity contribution is 5.75. The lowest BCUT2D eigenvalue weighted by molar-refractivity contribution is -0.215. The van der Waals surface area contributed by atoms with Crippen LogP contribution >= 0.6 is 0 Å². The Bertz CT molecular complexity index is 1390. The number of alkyl carbamates (subject to hydrolysis) is 1. The summed E-state index contributed by atoms with van der Waals surface area (Å²) in [5.41, 5.74) is 2.02. The number of hydrogen-bond acceptors (Lipinski definition) is 11. The summed E-state index contributed by atoms with van der Waals surface area (Å²) < 4.78 is 27.2. The summed E-state index contributed by atoms with van der Waals surface area (Å²) >= 11 is 0. The molecule has 1 heterocycles. The van der Waals surface area contributed by atoms with E-state index in [1.807, 2.05) is 0 Å². The van der Waals surface area contributed by atoms with Crippen LogP contribution in [0.25, 0.3) is 0 Å². The maximum absolute atomic E-state index is 13.2. The molecule has 5 rings (SSSR count). The summed E-state index contributed by atoms with van der Waals surface area (Å²) in [7, 11) is 2.51. The van der Waals surface area contributed by atoms with Gasteiger partial charge in [0.05, 0.1) is 45.4 Å². The number of nitrogens with one attached hydrogen (secondary N) is 1. The van der Waals surface area contributed by atoms with E-state index in [0.717, 1.165) is 55.3 Å². The van der Waals surface area contributed by atoms with Crippen molar-refractivity contribution >= 4 is 18.0 Å². The molecule has 0 bridgehead atoms. The van der Waals surface area contributed by atoms with Crippen molar-refractivity contribution in [3.8, 4) is 0 Å². The molecule has 0 aromatic rings. The van der Waals surface area contributed by atoms with Gasteiger partial charge in [-0.15, -0.1) is 0 Å². The van der Waals surface area contributed by atoms with E-state index in [2.05, 4.69) is 46.0 Å². The molecule has 1 aliphatic heterocycles. The lowest BCUT2D eigenvalue weighted by atomic mass is 9.47. The Morgan fingerprint density at radius 3 is 2.28 bits per heavy atom. The monoisotopic (exact) mass is 806 g/mol. The Balaban J connectivity index is 1.12. The number of methoxy groups -OCH3 is 2. The van der Waals surface area contributed by atoms with Crippen LogP contribution in [0.3, 0.4) is 0 Å². The smallest absolute Gasteiger partial charge is 0.407 e. The van der Waals surface area contributed by atoms with Gasteiger partial charge in [-0.1, -0.05) is 72.5 Å². The topological polar surface area (TPSA) is 170 Å². The third-order valence-electron chi connectivity index (χ3n) is 15.5. The van der Waals surface area contributed by atoms with Crippen molar-refractivity contribution in [2.24, 2.45) is 64.1 Å².